The summed E-state index contributed by atoms with van der Waals surface area (Å²) in [5, 5.41) is 0.492. The molecule has 2 aromatic heterocycles. The summed E-state index contributed by atoms with van der Waals surface area (Å²) in [6.45, 7) is 22.7. The zero-order valence-electron chi connectivity index (χ0n) is 28.4. The molecule has 0 radical (unpaired) electrons. The summed E-state index contributed by atoms with van der Waals surface area (Å²) < 4.78 is 42.0. The van der Waals surface area contributed by atoms with E-state index in [1.165, 1.54) is 6.33 Å². The molecular formula is C30H49ClN5O6PSSi2. The van der Waals surface area contributed by atoms with E-state index in [4.69, 9.17) is 56.7 Å². The molecular weight excluding hydrogens is 681 g/mol. The Labute approximate surface area is 285 Å². The molecule has 2 saturated heterocycles. The van der Waals surface area contributed by atoms with Crippen molar-refractivity contribution >= 4 is 64.6 Å². The van der Waals surface area contributed by atoms with E-state index in [2.05, 4.69) is 82.7 Å². The SMILES string of the molecule is CC(C)(C)[Si](C)(C)O[C@@H]1[C@H](O[Si](C)(C)C(C)(C)C)[C@@H](CO[PH]2(S)OCC(c3cccc(Cl)c3)O2)O[C@H]1n1cnc2c(N)ncnc21. The van der Waals surface area contributed by atoms with E-state index in [9.17, 15) is 0 Å². The predicted molar refractivity (Wildman–Crippen MR) is 192 cm³/mol. The maximum atomic E-state index is 7.21. The van der Waals surface area contributed by atoms with Crippen LogP contribution in [0.5, 0.6) is 0 Å². The van der Waals surface area contributed by atoms with Gasteiger partial charge in [-0.05, 0) is 0 Å². The molecule has 5 atom stereocenters. The molecule has 0 aliphatic carbocycles. The van der Waals surface area contributed by atoms with Gasteiger partial charge < -0.3 is 0 Å². The van der Waals surface area contributed by atoms with Crippen LogP contribution in [0.4, 0.5) is 5.82 Å². The summed E-state index contributed by atoms with van der Waals surface area (Å²) in [7, 11) is -8.04. The minimum atomic E-state index is -3.34. The van der Waals surface area contributed by atoms with Crippen LogP contribution in [-0.4, -0.2) is 67.7 Å². The topological polar surface area (TPSA) is 125 Å². The van der Waals surface area contributed by atoms with Gasteiger partial charge in [-0.25, -0.2) is 0 Å². The molecule has 256 valence electrons. The Morgan fingerprint density at radius 3 is 2.30 bits per heavy atom. The molecule has 2 aliphatic rings. The van der Waals surface area contributed by atoms with Gasteiger partial charge in [0.2, 0.25) is 0 Å². The number of anilines is 1. The Hall–Kier alpha value is -1.17. The number of aromatic nitrogens is 4. The van der Waals surface area contributed by atoms with Crippen LogP contribution in [-0.2, 0) is 27.2 Å². The Morgan fingerprint density at radius 2 is 1.67 bits per heavy atom. The van der Waals surface area contributed by atoms with E-state index in [1.807, 2.05) is 28.8 Å². The second-order valence-corrected chi connectivity index (χ2v) is 28.6. The van der Waals surface area contributed by atoms with Crippen molar-refractivity contribution in [1.82, 2.24) is 19.5 Å². The molecule has 5 rings (SSSR count). The summed E-state index contributed by atoms with van der Waals surface area (Å²) in [6, 6.07) is 7.53. The summed E-state index contributed by atoms with van der Waals surface area (Å²) in [6.07, 6.45) is 0.630. The van der Waals surface area contributed by atoms with Gasteiger partial charge in [-0.1, -0.05) is 0 Å². The number of thiol groups is 1. The first-order chi connectivity index (χ1) is 21.2. The third-order valence-electron chi connectivity index (χ3n) is 9.78. The fourth-order valence-corrected chi connectivity index (χ4v) is 10.1. The first-order valence-electron chi connectivity index (χ1n) is 15.6. The van der Waals surface area contributed by atoms with Crippen LogP contribution in [0.15, 0.2) is 36.9 Å². The Kier molecular flexibility index (Phi) is 10.2. The molecule has 1 unspecified atom stereocenters. The summed E-state index contributed by atoms with van der Waals surface area (Å²) in [5.41, 5.74) is 8.14. The number of ether oxygens (including phenoxy) is 1. The normalized spacial score (nSPS) is 26.6. The molecule has 4 heterocycles. The van der Waals surface area contributed by atoms with Crippen LogP contribution < -0.4 is 5.73 Å². The van der Waals surface area contributed by atoms with Gasteiger partial charge in [0.15, 0.2) is 0 Å². The first kappa shape index (κ1) is 36.1. The zero-order valence-corrected chi connectivity index (χ0v) is 33.1. The molecule has 46 heavy (non-hydrogen) atoms. The van der Waals surface area contributed by atoms with Gasteiger partial charge in [0, 0.05) is 0 Å². The van der Waals surface area contributed by atoms with Crippen LogP contribution in [0.25, 0.3) is 11.2 Å². The molecule has 0 spiro atoms. The molecule has 2 aliphatic heterocycles. The monoisotopic (exact) mass is 729 g/mol. The predicted octanol–water partition coefficient (Wildman–Crippen LogP) is 7.88. The van der Waals surface area contributed by atoms with E-state index in [-0.39, 0.29) is 22.8 Å². The standard InChI is InChI=1S/C30H49ClN5O6PSSi2/c1-29(2,3)45(7,8)41-24-22(16-38-43(44)37-15-21(40-43)19-12-11-13-20(31)14-19)39-28(25(24)42-46(9,10)30(4,5)6)36-18-35-23-26(32)33-17-34-27(23)36/h11-14,17-18,21-22,24-25,28,43-44H,15-16H2,1-10H3,(H2,32,33,34)/t21?,22-,24-,25-,28-/m1/s1. The van der Waals surface area contributed by atoms with Crippen molar-refractivity contribution in [1.29, 1.82) is 0 Å². The van der Waals surface area contributed by atoms with Crippen molar-refractivity contribution in [3.05, 3.63) is 47.5 Å². The zero-order chi connectivity index (χ0) is 33.9. The van der Waals surface area contributed by atoms with Gasteiger partial charge in [-0.15, -0.1) is 0 Å². The van der Waals surface area contributed by atoms with Gasteiger partial charge in [0.25, 0.3) is 0 Å². The number of fused-ring (bicyclic) bond motifs is 1. The van der Waals surface area contributed by atoms with E-state index >= 15 is 0 Å². The number of rotatable bonds is 9. The second-order valence-electron chi connectivity index (χ2n) is 15.1. The average Bonchev–Trinajstić information content (AvgIpc) is 3.63. The Balaban J connectivity index is 1.50. The van der Waals surface area contributed by atoms with Gasteiger partial charge >= 0.3 is 286 Å². The van der Waals surface area contributed by atoms with Crippen molar-refractivity contribution in [2.24, 2.45) is 0 Å². The number of hydrogen-bond donors (Lipinski definition) is 2. The number of halogens is 1. The van der Waals surface area contributed by atoms with Gasteiger partial charge in [0.1, 0.15) is 0 Å². The first-order valence-corrected chi connectivity index (χ1v) is 24.8. The second kappa shape index (κ2) is 12.9. The number of nitrogens with two attached hydrogens (primary N) is 1. The third kappa shape index (κ3) is 7.37. The molecule has 0 bridgehead atoms. The number of benzene rings is 1. The van der Waals surface area contributed by atoms with Crippen LogP contribution in [0.1, 0.15) is 59.4 Å². The average molecular weight is 730 g/mol. The number of nitrogens with zero attached hydrogens (tertiary/aromatic N) is 4. The quantitative estimate of drug-likeness (QED) is 0.128. The molecule has 2 N–H and O–H groups in total. The third-order valence-corrected chi connectivity index (χ3v) is 21.7. The maximum absolute atomic E-state index is 7.21. The van der Waals surface area contributed by atoms with Crippen molar-refractivity contribution < 1.29 is 27.2 Å². The van der Waals surface area contributed by atoms with Crippen LogP contribution >= 0.6 is 31.0 Å². The van der Waals surface area contributed by atoms with Gasteiger partial charge in [-0.3, -0.25) is 0 Å². The summed E-state index contributed by atoms with van der Waals surface area (Å²) in [5.74, 6) is 0.297. The van der Waals surface area contributed by atoms with Gasteiger partial charge in [-0.2, -0.15) is 0 Å². The van der Waals surface area contributed by atoms with Crippen molar-refractivity contribution in [2.75, 3.05) is 18.9 Å². The van der Waals surface area contributed by atoms with Gasteiger partial charge in [0.05, 0.1) is 0 Å². The van der Waals surface area contributed by atoms with E-state index in [0.29, 0.717) is 28.6 Å². The van der Waals surface area contributed by atoms with Crippen molar-refractivity contribution in [3.63, 3.8) is 0 Å². The fourth-order valence-electron chi connectivity index (χ4n) is 4.99. The Morgan fingerprint density at radius 1 is 1.02 bits per heavy atom. The van der Waals surface area contributed by atoms with Crippen molar-refractivity contribution in [2.45, 2.75) is 108 Å². The van der Waals surface area contributed by atoms with E-state index < -0.39 is 48.3 Å². The number of hydrogen-bond acceptors (Lipinski definition) is 11. The van der Waals surface area contributed by atoms with E-state index in [1.54, 1.807) is 6.33 Å². The number of nitrogen functional groups attached to an aromatic ring is 1. The molecule has 0 saturated carbocycles. The molecule has 0 amide bonds. The fraction of sp³-hybridized carbons (Fsp3) is 0.633. The number of imidazole rings is 1. The van der Waals surface area contributed by atoms with Crippen LogP contribution in [0.2, 0.25) is 41.3 Å². The molecule has 11 nitrogen and oxygen atoms in total. The molecule has 2 fully saturated rings. The minimum absolute atomic E-state index is 0.0667. The van der Waals surface area contributed by atoms with E-state index in [0.717, 1.165) is 5.56 Å². The van der Waals surface area contributed by atoms with Crippen LogP contribution in [0, 0.1) is 0 Å². The van der Waals surface area contributed by atoms with Crippen LogP contribution in [0.3, 0.4) is 0 Å². The Bertz CT molecular complexity index is 1560. The molecule has 16 heteroatoms. The van der Waals surface area contributed by atoms with Crippen molar-refractivity contribution in [3.8, 4) is 0 Å². The summed E-state index contributed by atoms with van der Waals surface area (Å²) >= 11 is 11.0. The molecule has 1 aromatic carbocycles. The molecule has 3 aromatic rings. The summed E-state index contributed by atoms with van der Waals surface area (Å²) in [4.78, 5) is 13.2.